The summed E-state index contributed by atoms with van der Waals surface area (Å²) in [6.07, 6.45) is 1.04. The van der Waals surface area contributed by atoms with Crippen LogP contribution in [0.4, 0.5) is 0 Å². The first-order valence-corrected chi connectivity index (χ1v) is 7.31. The fourth-order valence-corrected chi connectivity index (χ4v) is 2.64. The van der Waals surface area contributed by atoms with Crippen molar-refractivity contribution in [2.75, 3.05) is 0 Å². The summed E-state index contributed by atoms with van der Waals surface area (Å²) in [5, 5.41) is 0. The number of hydrogen-bond acceptors (Lipinski definition) is 3. The Morgan fingerprint density at radius 2 is 2.00 bits per heavy atom. The SMILES string of the molecule is CCC(N)C(OC(C)C(C)C)c1ccc(Cl)s1. The van der Waals surface area contributed by atoms with Crippen molar-refractivity contribution in [3.63, 3.8) is 0 Å². The van der Waals surface area contributed by atoms with E-state index in [0.717, 1.165) is 15.6 Å². The molecule has 0 aliphatic carbocycles. The molecule has 17 heavy (non-hydrogen) atoms. The fourth-order valence-electron chi connectivity index (χ4n) is 1.46. The van der Waals surface area contributed by atoms with E-state index in [2.05, 4.69) is 27.7 Å². The topological polar surface area (TPSA) is 35.2 Å². The first-order chi connectivity index (χ1) is 7.95. The molecule has 1 rings (SSSR count). The Hall–Kier alpha value is -0.0900. The molecule has 3 unspecified atom stereocenters. The van der Waals surface area contributed by atoms with Crippen molar-refractivity contribution in [1.82, 2.24) is 0 Å². The maximum Gasteiger partial charge on any atom is 0.107 e. The van der Waals surface area contributed by atoms with Gasteiger partial charge in [0.2, 0.25) is 0 Å². The second-order valence-electron chi connectivity index (χ2n) is 4.72. The molecule has 0 spiro atoms. The third kappa shape index (κ3) is 4.25. The highest BCUT2D eigenvalue weighted by molar-refractivity contribution is 7.16. The highest BCUT2D eigenvalue weighted by Gasteiger charge is 2.24. The van der Waals surface area contributed by atoms with Gasteiger partial charge in [-0.05, 0) is 31.4 Å². The van der Waals surface area contributed by atoms with E-state index in [0.29, 0.717) is 5.92 Å². The minimum Gasteiger partial charge on any atom is -0.368 e. The molecule has 3 atom stereocenters. The van der Waals surface area contributed by atoms with Crippen molar-refractivity contribution in [3.8, 4) is 0 Å². The van der Waals surface area contributed by atoms with E-state index in [-0.39, 0.29) is 18.2 Å². The predicted octanol–water partition coefficient (Wildman–Crippen LogP) is 4.24. The van der Waals surface area contributed by atoms with E-state index in [9.17, 15) is 0 Å². The molecule has 0 amide bonds. The summed E-state index contributed by atoms with van der Waals surface area (Å²) in [6.45, 7) is 8.48. The molecule has 2 nitrogen and oxygen atoms in total. The van der Waals surface area contributed by atoms with Crippen molar-refractivity contribution in [2.45, 2.75) is 52.4 Å². The molecule has 0 saturated heterocycles. The highest BCUT2D eigenvalue weighted by Crippen LogP contribution is 2.33. The van der Waals surface area contributed by atoms with Gasteiger partial charge in [0.1, 0.15) is 6.10 Å². The fraction of sp³-hybridized carbons (Fsp3) is 0.692. The Morgan fingerprint density at radius 1 is 1.35 bits per heavy atom. The van der Waals surface area contributed by atoms with Gasteiger partial charge in [-0.15, -0.1) is 11.3 Å². The van der Waals surface area contributed by atoms with Gasteiger partial charge in [0.25, 0.3) is 0 Å². The summed E-state index contributed by atoms with van der Waals surface area (Å²) >= 11 is 7.53. The van der Waals surface area contributed by atoms with Gasteiger partial charge >= 0.3 is 0 Å². The van der Waals surface area contributed by atoms with Crippen LogP contribution in [0.25, 0.3) is 0 Å². The van der Waals surface area contributed by atoms with Gasteiger partial charge in [0, 0.05) is 10.9 Å². The number of halogens is 1. The molecule has 0 aliphatic heterocycles. The molecule has 0 fully saturated rings. The second kappa shape index (κ2) is 6.74. The zero-order valence-corrected chi connectivity index (χ0v) is 12.5. The van der Waals surface area contributed by atoms with Crippen molar-refractivity contribution in [2.24, 2.45) is 11.7 Å². The Kier molecular flexibility index (Phi) is 5.93. The van der Waals surface area contributed by atoms with E-state index in [4.69, 9.17) is 22.1 Å². The second-order valence-corrected chi connectivity index (χ2v) is 6.47. The van der Waals surface area contributed by atoms with Crippen LogP contribution in [0.5, 0.6) is 0 Å². The smallest absolute Gasteiger partial charge is 0.107 e. The van der Waals surface area contributed by atoms with Crippen molar-refractivity contribution >= 4 is 22.9 Å². The molecule has 0 aromatic carbocycles. The van der Waals surface area contributed by atoms with Gasteiger partial charge in [-0.2, -0.15) is 0 Å². The van der Waals surface area contributed by atoms with Crippen LogP contribution in [0.1, 0.15) is 45.1 Å². The predicted molar refractivity (Wildman–Crippen MR) is 75.7 cm³/mol. The monoisotopic (exact) mass is 275 g/mol. The van der Waals surface area contributed by atoms with E-state index < -0.39 is 0 Å². The zero-order chi connectivity index (χ0) is 13.0. The number of thiophene rings is 1. The largest absolute Gasteiger partial charge is 0.368 e. The summed E-state index contributed by atoms with van der Waals surface area (Å²) < 4.78 is 6.88. The first kappa shape index (κ1) is 15.0. The first-order valence-electron chi connectivity index (χ1n) is 6.12. The lowest BCUT2D eigenvalue weighted by molar-refractivity contribution is -0.0377. The summed E-state index contributed by atoms with van der Waals surface area (Å²) in [5.41, 5.74) is 6.15. The third-order valence-corrected chi connectivity index (χ3v) is 4.33. The van der Waals surface area contributed by atoms with Crippen molar-refractivity contribution in [1.29, 1.82) is 0 Å². The van der Waals surface area contributed by atoms with E-state index in [1.165, 1.54) is 0 Å². The number of hydrogen-bond donors (Lipinski definition) is 1. The van der Waals surface area contributed by atoms with Crippen LogP contribution >= 0.6 is 22.9 Å². The van der Waals surface area contributed by atoms with E-state index in [1.807, 2.05) is 12.1 Å². The molecule has 98 valence electrons. The van der Waals surface area contributed by atoms with E-state index in [1.54, 1.807) is 11.3 Å². The quantitative estimate of drug-likeness (QED) is 0.843. The van der Waals surface area contributed by atoms with E-state index >= 15 is 0 Å². The van der Waals surface area contributed by atoms with Crippen molar-refractivity contribution < 1.29 is 4.74 Å². The van der Waals surface area contributed by atoms with Gasteiger partial charge in [-0.1, -0.05) is 32.4 Å². The van der Waals surface area contributed by atoms with Crippen LogP contribution in [0.2, 0.25) is 4.34 Å². The lowest BCUT2D eigenvalue weighted by atomic mass is 10.1. The lowest BCUT2D eigenvalue weighted by Gasteiger charge is -2.28. The Balaban J connectivity index is 2.81. The van der Waals surface area contributed by atoms with Crippen LogP contribution in [0.3, 0.4) is 0 Å². The maximum absolute atomic E-state index is 6.15. The van der Waals surface area contributed by atoms with Crippen LogP contribution in [0.15, 0.2) is 12.1 Å². The average molecular weight is 276 g/mol. The minimum atomic E-state index is -0.0464. The molecule has 0 aliphatic rings. The van der Waals surface area contributed by atoms with Gasteiger partial charge in [-0.25, -0.2) is 0 Å². The van der Waals surface area contributed by atoms with Crippen LogP contribution in [-0.2, 0) is 4.74 Å². The number of ether oxygens (including phenoxy) is 1. The van der Waals surface area contributed by atoms with Gasteiger partial charge in [0.15, 0.2) is 0 Å². The van der Waals surface area contributed by atoms with Gasteiger partial charge < -0.3 is 10.5 Å². The molecule has 2 N–H and O–H groups in total. The standard InChI is InChI=1S/C13H22ClNOS/c1-5-10(15)13(16-9(4)8(2)3)11-6-7-12(14)17-11/h6-10,13H,5,15H2,1-4H3. The molecule has 0 bridgehead atoms. The summed E-state index contributed by atoms with van der Waals surface area (Å²) in [5.74, 6) is 0.483. The van der Waals surface area contributed by atoms with Gasteiger partial charge in [0.05, 0.1) is 10.4 Å². The molecule has 0 radical (unpaired) electrons. The molecular weight excluding hydrogens is 254 g/mol. The zero-order valence-electron chi connectivity index (χ0n) is 10.9. The lowest BCUT2D eigenvalue weighted by Crippen LogP contribution is -2.32. The number of rotatable bonds is 6. The van der Waals surface area contributed by atoms with Crippen LogP contribution < -0.4 is 5.73 Å². The van der Waals surface area contributed by atoms with Crippen LogP contribution in [-0.4, -0.2) is 12.1 Å². The molecule has 1 aromatic heterocycles. The Bertz CT molecular complexity index is 340. The average Bonchev–Trinajstić information content (AvgIpc) is 2.70. The molecule has 1 aromatic rings. The van der Waals surface area contributed by atoms with Gasteiger partial charge in [-0.3, -0.25) is 0 Å². The Labute approximate surface area is 113 Å². The van der Waals surface area contributed by atoms with Crippen molar-refractivity contribution in [3.05, 3.63) is 21.3 Å². The summed E-state index contributed by atoms with van der Waals surface area (Å²) in [7, 11) is 0. The summed E-state index contributed by atoms with van der Waals surface area (Å²) in [6, 6.07) is 3.94. The summed E-state index contributed by atoms with van der Waals surface area (Å²) in [4.78, 5) is 1.12. The molecule has 0 saturated carbocycles. The van der Waals surface area contributed by atoms with Crippen LogP contribution in [0, 0.1) is 5.92 Å². The highest BCUT2D eigenvalue weighted by atomic mass is 35.5. The minimum absolute atomic E-state index is 0.0194. The molecule has 4 heteroatoms. The Morgan fingerprint density at radius 3 is 2.41 bits per heavy atom. The maximum atomic E-state index is 6.15. The third-order valence-electron chi connectivity index (χ3n) is 3.03. The molecular formula is C13H22ClNOS. The normalized spacial score (nSPS) is 17.1. The number of nitrogens with two attached hydrogens (primary N) is 1. The molecule has 1 heterocycles.